The van der Waals surface area contributed by atoms with Gasteiger partial charge in [-0.3, -0.25) is 9.69 Å². The zero-order valence-corrected chi connectivity index (χ0v) is 18.7. The standard InChI is InChI=1S/C27H26N2O5/c1-2-14-29(17-21-12-13-23-25(34-18-33-23)24(21)27(31)32)16-20-10-6-7-11-22(20)26(30)28-15-19-8-4-3-5-9-19/h2-13H,1,14-18H2,(H,28,30)(H,31,32)/p-1. The number of amides is 1. The van der Waals surface area contributed by atoms with Crippen LogP contribution in [-0.2, 0) is 19.6 Å². The third-order valence-electron chi connectivity index (χ3n) is 5.56. The first-order chi connectivity index (χ1) is 16.6. The molecule has 1 heterocycles. The molecule has 0 spiro atoms. The van der Waals surface area contributed by atoms with Crippen LogP contribution in [0.15, 0.2) is 79.4 Å². The lowest BCUT2D eigenvalue weighted by molar-refractivity contribution is -0.255. The van der Waals surface area contributed by atoms with Crippen molar-refractivity contribution in [2.75, 3.05) is 13.3 Å². The largest absolute Gasteiger partial charge is 0.545 e. The highest BCUT2D eigenvalue weighted by molar-refractivity contribution is 5.95. The number of rotatable bonds is 10. The van der Waals surface area contributed by atoms with Gasteiger partial charge in [-0.1, -0.05) is 60.7 Å². The zero-order valence-electron chi connectivity index (χ0n) is 18.7. The fourth-order valence-electron chi connectivity index (χ4n) is 3.97. The molecule has 174 valence electrons. The molecule has 1 aliphatic heterocycles. The van der Waals surface area contributed by atoms with Gasteiger partial charge in [0.2, 0.25) is 6.79 Å². The highest BCUT2D eigenvalue weighted by atomic mass is 16.7. The Hall–Kier alpha value is -4.10. The molecule has 7 heteroatoms. The van der Waals surface area contributed by atoms with Crippen LogP contribution in [0, 0.1) is 0 Å². The fraction of sp³-hybridized carbons (Fsp3) is 0.185. The van der Waals surface area contributed by atoms with Gasteiger partial charge in [0.1, 0.15) is 0 Å². The average molecular weight is 458 g/mol. The molecule has 7 nitrogen and oxygen atoms in total. The summed E-state index contributed by atoms with van der Waals surface area (Å²) in [5.41, 5.74) is 2.93. The smallest absolute Gasteiger partial charge is 0.251 e. The highest BCUT2D eigenvalue weighted by Gasteiger charge is 2.23. The van der Waals surface area contributed by atoms with Gasteiger partial charge in [-0.05, 0) is 28.8 Å². The van der Waals surface area contributed by atoms with Crippen LogP contribution in [0.3, 0.4) is 0 Å². The average Bonchev–Trinajstić information content (AvgIpc) is 3.32. The summed E-state index contributed by atoms with van der Waals surface area (Å²) >= 11 is 0. The lowest BCUT2D eigenvalue weighted by atomic mass is 10.0. The van der Waals surface area contributed by atoms with E-state index < -0.39 is 5.97 Å². The van der Waals surface area contributed by atoms with Crippen molar-refractivity contribution >= 4 is 11.9 Å². The molecule has 1 aliphatic rings. The SMILES string of the molecule is C=CCN(Cc1ccccc1C(=O)NCc1ccccc1)Cc1ccc2c(c1C(=O)[O-])OCO2. The van der Waals surface area contributed by atoms with E-state index in [0.29, 0.717) is 43.1 Å². The molecule has 0 aromatic heterocycles. The number of hydrogen-bond acceptors (Lipinski definition) is 6. The van der Waals surface area contributed by atoms with Crippen molar-refractivity contribution in [1.29, 1.82) is 0 Å². The summed E-state index contributed by atoms with van der Waals surface area (Å²) < 4.78 is 10.7. The van der Waals surface area contributed by atoms with Crippen LogP contribution >= 0.6 is 0 Å². The monoisotopic (exact) mass is 457 g/mol. The normalized spacial score (nSPS) is 11.9. The molecular formula is C27H25N2O5-. The maximum atomic E-state index is 12.9. The maximum absolute atomic E-state index is 12.9. The van der Waals surface area contributed by atoms with Gasteiger partial charge >= 0.3 is 0 Å². The van der Waals surface area contributed by atoms with Crippen LogP contribution < -0.4 is 19.9 Å². The van der Waals surface area contributed by atoms with Crippen LogP contribution in [0.2, 0.25) is 0 Å². The topological polar surface area (TPSA) is 90.9 Å². The number of aromatic carboxylic acids is 1. The van der Waals surface area contributed by atoms with Crippen molar-refractivity contribution in [2.45, 2.75) is 19.6 Å². The van der Waals surface area contributed by atoms with E-state index in [1.54, 1.807) is 24.3 Å². The van der Waals surface area contributed by atoms with Crippen molar-refractivity contribution in [3.8, 4) is 11.5 Å². The molecule has 0 fully saturated rings. The molecule has 0 radical (unpaired) electrons. The van der Waals surface area contributed by atoms with Crippen LogP contribution in [0.4, 0.5) is 0 Å². The summed E-state index contributed by atoms with van der Waals surface area (Å²) in [6, 6.07) is 20.5. The van der Waals surface area contributed by atoms with Gasteiger partial charge in [-0.15, -0.1) is 6.58 Å². The number of fused-ring (bicyclic) bond motifs is 1. The number of carboxylic acids is 1. The number of carbonyl (C=O) groups excluding carboxylic acids is 2. The van der Waals surface area contributed by atoms with Crippen LogP contribution in [-0.4, -0.2) is 30.1 Å². The molecule has 0 atom stereocenters. The Labute approximate surface area is 198 Å². The van der Waals surface area contributed by atoms with Crippen molar-refractivity contribution in [2.24, 2.45) is 0 Å². The Morgan fingerprint density at radius 1 is 0.971 bits per heavy atom. The summed E-state index contributed by atoms with van der Waals surface area (Å²) in [5, 5.41) is 14.8. The molecule has 4 rings (SSSR count). The molecule has 0 saturated carbocycles. The number of carbonyl (C=O) groups is 2. The number of nitrogens with one attached hydrogen (secondary N) is 1. The number of hydrogen-bond donors (Lipinski definition) is 1. The Balaban J connectivity index is 1.53. The number of ether oxygens (including phenoxy) is 2. The van der Waals surface area contributed by atoms with E-state index in [4.69, 9.17) is 9.47 Å². The van der Waals surface area contributed by atoms with Crippen molar-refractivity contribution in [3.05, 3.63) is 107 Å². The van der Waals surface area contributed by atoms with Crippen LogP contribution in [0.1, 0.15) is 37.4 Å². The fourth-order valence-corrected chi connectivity index (χ4v) is 3.97. The number of nitrogens with zero attached hydrogens (tertiary/aromatic N) is 1. The number of benzene rings is 3. The third kappa shape index (κ3) is 5.27. The van der Waals surface area contributed by atoms with Crippen molar-refractivity contribution in [3.63, 3.8) is 0 Å². The molecule has 0 aliphatic carbocycles. The van der Waals surface area contributed by atoms with Crippen molar-refractivity contribution < 1.29 is 24.2 Å². The molecule has 0 saturated heterocycles. The molecule has 3 aromatic carbocycles. The lowest BCUT2D eigenvalue weighted by Gasteiger charge is -2.24. The predicted octanol–water partition coefficient (Wildman–Crippen LogP) is 2.90. The van der Waals surface area contributed by atoms with Gasteiger partial charge in [0.05, 0.1) is 5.97 Å². The second kappa shape index (κ2) is 10.7. The van der Waals surface area contributed by atoms with E-state index in [1.165, 1.54) is 0 Å². The van der Waals surface area contributed by atoms with Crippen molar-refractivity contribution in [1.82, 2.24) is 10.2 Å². The van der Waals surface area contributed by atoms with Crippen LogP contribution in [0.25, 0.3) is 0 Å². The molecular weight excluding hydrogens is 432 g/mol. The van der Waals surface area contributed by atoms with Gasteiger partial charge in [0.15, 0.2) is 11.5 Å². The Morgan fingerprint density at radius 3 is 2.47 bits per heavy atom. The molecule has 0 bridgehead atoms. The lowest BCUT2D eigenvalue weighted by Crippen LogP contribution is -2.29. The zero-order chi connectivity index (χ0) is 23.9. The second-order valence-corrected chi connectivity index (χ2v) is 7.90. The first-order valence-corrected chi connectivity index (χ1v) is 10.9. The molecule has 1 amide bonds. The van der Waals surface area contributed by atoms with E-state index in [-0.39, 0.29) is 24.0 Å². The summed E-state index contributed by atoms with van der Waals surface area (Å²) in [6.07, 6.45) is 1.74. The van der Waals surface area contributed by atoms with E-state index in [0.717, 1.165) is 11.1 Å². The predicted molar refractivity (Wildman–Crippen MR) is 125 cm³/mol. The van der Waals surface area contributed by atoms with E-state index in [1.807, 2.05) is 53.4 Å². The Bertz CT molecular complexity index is 1190. The minimum absolute atomic E-state index is 0.0158. The summed E-state index contributed by atoms with van der Waals surface area (Å²) in [5.74, 6) is -0.913. The molecule has 3 aromatic rings. The minimum Gasteiger partial charge on any atom is -0.545 e. The summed E-state index contributed by atoms with van der Waals surface area (Å²) in [7, 11) is 0. The molecule has 0 unspecified atom stereocenters. The Kier molecular flexibility index (Phi) is 7.25. The third-order valence-corrected chi connectivity index (χ3v) is 5.56. The van der Waals surface area contributed by atoms with E-state index in [2.05, 4.69) is 11.9 Å². The molecule has 1 N–H and O–H groups in total. The van der Waals surface area contributed by atoms with Gasteiger partial charge in [0.25, 0.3) is 5.91 Å². The summed E-state index contributed by atoms with van der Waals surface area (Å²) in [6.45, 7) is 5.43. The van der Waals surface area contributed by atoms with Gasteiger partial charge < -0.3 is 24.7 Å². The van der Waals surface area contributed by atoms with Gasteiger partial charge in [0, 0.05) is 37.3 Å². The van der Waals surface area contributed by atoms with E-state index in [9.17, 15) is 14.7 Å². The molecule has 34 heavy (non-hydrogen) atoms. The Morgan fingerprint density at radius 2 is 1.71 bits per heavy atom. The second-order valence-electron chi connectivity index (χ2n) is 7.90. The van der Waals surface area contributed by atoms with E-state index >= 15 is 0 Å². The highest BCUT2D eigenvalue weighted by Crippen LogP contribution is 2.37. The quantitative estimate of drug-likeness (QED) is 0.471. The summed E-state index contributed by atoms with van der Waals surface area (Å²) in [4.78, 5) is 26.8. The first-order valence-electron chi connectivity index (χ1n) is 10.9. The van der Waals surface area contributed by atoms with Crippen LogP contribution in [0.5, 0.6) is 11.5 Å². The first kappa shape index (κ1) is 23.1. The maximum Gasteiger partial charge on any atom is 0.251 e. The van der Waals surface area contributed by atoms with Gasteiger partial charge in [-0.2, -0.15) is 0 Å². The minimum atomic E-state index is -1.32. The van der Waals surface area contributed by atoms with Gasteiger partial charge in [-0.25, -0.2) is 0 Å². The number of carboxylic acid groups (broad SMARTS) is 1.